The van der Waals surface area contributed by atoms with Gasteiger partial charge in [0.15, 0.2) is 0 Å². The van der Waals surface area contributed by atoms with Crippen LogP contribution >= 0.6 is 11.6 Å². The summed E-state index contributed by atoms with van der Waals surface area (Å²) < 4.78 is 11.0. The number of carbonyl (C=O) groups excluding carboxylic acids is 1. The van der Waals surface area contributed by atoms with E-state index in [1.165, 1.54) is 12.8 Å². The minimum atomic E-state index is -0.139. The normalized spacial score (nSPS) is 24.2. The summed E-state index contributed by atoms with van der Waals surface area (Å²) in [5, 5.41) is 3.61. The van der Waals surface area contributed by atoms with Gasteiger partial charge in [-0.25, -0.2) is 0 Å². The van der Waals surface area contributed by atoms with Gasteiger partial charge in [0.05, 0.1) is 30.0 Å². The van der Waals surface area contributed by atoms with Crippen LogP contribution in [0.25, 0.3) is 0 Å². The van der Waals surface area contributed by atoms with Crippen LogP contribution < -0.4 is 10.2 Å². The van der Waals surface area contributed by atoms with Crippen molar-refractivity contribution in [1.29, 1.82) is 0 Å². The average molecular weight is 339 g/mol. The fourth-order valence-electron chi connectivity index (χ4n) is 3.16. The molecule has 2 aliphatic heterocycles. The first-order valence-electron chi connectivity index (χ1n) is 8.23. The third-order valence-corrected chi connectivity index (χ3v) is 4.68. The fraction of sp³-hybridized carbons (Fsp3) is 0.588. The largest absolute Gasteiger partial charge is 0.376 e. The Bertz CT molecular complexity index is 561. The molecule has 0 aromatic heterocycles. The van der Waals surface area contributed by atoms with E-state index in [2.05, 4.69) is 10.2 Å². The summed E-state index contributed by atoms with van der Waals surface area (Å²) >= 11 is 6.38. The Labute approximate surface area is 141 Å². The number of hydrogen-bond donors (Lipinski definition) is 1. The van der Waals surface area contributed by atoms with E-state index in [9.17, 15) is 4.79 Å². The third kappa shape index (κ3) is 3.79. The number of ether oxygens (including phenoxy) is 2. The number of nitrogens with zero attached hydrogens (tertiary/aromatic N) is 1. The van der Waals surface area contributed by atoms with Crippen LogP contribution in [0.1, 0.15) is 30.1 Å². The van der Waals surface area contributed by atoms with E-state index in [-0.39, 0.29) is 18.1 Å². The van der Waals surface area contributed by atoms with Crippen molar-refractivity contribution in [1.82, 2.24) is 5.32 Å². The van der Waals surface area contributed by atoms with Crippen molar-refractivity contribution < 1.29 is 14.3 Å². The third-order valence-electron chi connectivity index (χ3n) is 4.38. The summed E-state index contributed by atoms with van der Waals surface area (Å²) in [6, 6.07) is 5.41. The van der Waals surface area contributed by atoms with Crippen LogP contribution in [-0.4, -0.2) is 51.0 Å². The van der Waals surface area contributed by atoms with Gasteiger partial charge >= 0.3 is 0 Å². The molecule has 1 amide bonds. The summed E-state index contributed by atoms with van der Waals surface area (Å²) in [4.78, 5) is 14.7. The maximum Gasteiger partial charge on any atom is 0.251 e. The zero-order chi connectivity index (χ0) is 16.2. The van der Waals surface area contributed by atoms with Crippen molar-refractivity contribution >= 4 is 23.2 Å². The molecular formula is C17H23ClN2O3. The van der Waals surface area contributed by atoms with Crippen LogP contribution in [-0.2, 0) is 9.47 Å². The minimum Gasteiger partial charge on any atom is -0.376 e. The molecule has 23 heavy (non-hydrogen) atoms. The predicted octanol–water partition coefficient (Wildman–Crippen LogP) is 2.47. The lowest BCUT2D eigenvalue weighted by molar-refractivity contribution is 0.0402. The molecule has 126 valence electrons. The predicted molar refractivity (Wildman–Crippen MR) is 90.4 cm³/mol. The first kappa shape index (κ1) is 16.6. The monoisotopic (exact) mass is 338 g/mol. The Balaban J connectivity index is 1.66. The van der Waals surface area contributed by atoms with E-state index in [1.54, 1.807) is 6.07 Å². The van der Waals surface area contributed by atoms with Gasteiger partial charge in [0.1, 0.15) is 6.10 Å². The highest BCUT2D eigenvalue weighted by Crippen LogP contribution is 2.29. The van der Waals surface area contributed by atoms with E-state index < -0.39 is 0 Å². The van der Waals surface area contributed by atoms with Gasteiger partial charge in [-0.15, -0.1) is 0 Å². The molecule has 1 aromatic rings. The Morgan fingerprint density at radius 1 is 1.39 bits per heavy atom. The zero-order valence-electron chi connectivity index (χ0n) is 13.4. The van der Waals surface area contributed by atoms with Gasteiger partial charge in [0.2, 0.25) is 0 Å². The smallest absolute Gasteiger partial charge is 0.251 e. The Hall–Kier alpha value is -1.30. The molecule has 2 atom stereocenters. The summed E-state index contributed by atoms with van der Waals surface area (Å²) in [5.74, 6) is -0.139. The SMILES string of the molecule is CCO[C@H]1COC[C@@H]1NC(=O)c1ccc(N2CCCC2)c(Cl)c1. The summed E-state index contributed by atoms with van der Waals surface area (Å²) in [7, 11) is 0. The molecule has 0 saturated carbocycles. The second-order valence-electron chi connectivity index (χ2n) is 5.97. The fourth-order valence-corrected chi connectivity index (χ4v) is 3.46. The molecule has 5 nitrogen and oxygen atoms in total. The molecule has 3 rings (SSSR count). The van der Waals surface area contributed by atoms with Crippen molar-refractivity contribution in [2.45, 2.75) is 31.9 Å². The lowest BCUT2D eigenvalue weighted by atomic mass is 10.1. The number of hydrogen-bond acceptors (Lipinski definition) is 4. The van der Waals surface area contributed by atoms with Gasteiger partial charge in [-0.3, -0.25) is 4.79 Å². The first-order chi connectivity index (χ1) is 11.2. The molecule has 1 N–H and O–H groups in total. The number of benzene rings is 1. The molecule has 6 heteroatoms. The van der Waals surface area contributed by atoms with Crippen LogP contribution in [0.5, 0.6) is 0 Å². The standard InChI is InChI=1S/C17H23ClN2O3/c1-2-23-16-11-22-10-14(16)19-17(21)12-5-6-15(13(18)9-12)20-7-3-4-8-20/h5-6,9,14,16H,2-4,7-8,10-11H2,1H3,(H,19,21)/t14-,16-/m0/s1. The van der Waals surface area contributed by atoms with Crippen molar-refractivity contribution in [3.05, 3.63) is 28.8 Å². The van der Waals surface area contributed by atoms with Gasteiger partial charge < -0.3 is 19.7 Å². The van der Waals surface area contributed by atoms with E-state index in [4.69, 9.17) is 21.1 Å². The number of anilines is 1. The van der Waals surface area contributed by atoms with Crippen molar-refractivity contribution in [3.63, 3.8) is 0 Å². The lowest BCUT2D eigenvalue weighted by Gasteiger charge is -2.21. The number of amides is 1. The summed E-state index contributed by atoms with van der Waals surface area (Å²) in [6.07, 6.45) is 2.31. The summed E-state index contributed by atoms with van der Waals surface area (Å²) in [6.45, 7) is 5.61. The van der Waals surface area contributed by atoms with Gasteiger partial charge in [0, 0.05) is 25.3 Å². The molecule has 2 fully saturated rings. The Morgan fingerprint density at radius 2 is 2.17 bits per heavy atom. The maximum absolute atomic E-state index is 12.4. The van der Waals surface area contributed by atoms with Crippen molar-refractivity contribution in [2.24, 2.45) is 0 Å². The lowest BCUT2D eigenvalue weighted by Crippen LogP contribution is -2.43. The molecular weight excluding hydrogens is 316 g/mol. The van der Waals surface area contributed by atoms with E-state index in [0.29, 0.717) is 30.4 Å². The van der Waals surface area contributed by atoms with Crippen LogP contribution in [0.4, 0.5) is 5.69 Å². The van der Waals surface area contributed by atoms with Crippen LogP contribution in [0.2, 0.25) is 5.02 Å². The van der Waals surface area contributed by atoms with Gasteiger partial charge in [-0.1, -0.05) is 11.6 Å². The van der Waals surface area contributed by atoms with Gasteiger partial charge in [-0.2, -0.15) is 0 Å². The molecule has 2 saturated heterocycles. The minimum absolute atomic E-state index is 0.0803. The number of nitrogens with one attached hydrogen (secondary N) is 1. The van der Waals surface area contributed by atoms with Gasteiger partial charge in [-0.05, 0) is 38.0 Å². The van der Waals surface area contributed by atoms with Crippen LogP contribution in [0.3, 0.4) is 0 Å². The maximum atomic E-state index is 12.4. The number of rotatable bonds is 5. The molecule has 0 radical (unpaired) electrons. The number of halogens is 1. The van der Waals surface area contributed by atoms with Crippen molar-refractivity contribution in [2.75, 3.05) is 37.8 Å². The van der Waals surface area contributed by atoms with E-state index in [0.717, 1.165) is 18.8 Å². The molecule has 2 aliphatic rings. The second-order valence-corrected chi connectivity index (χ2v) is 6.38. The Kier molecular flexibility index (Phi) is 5.41. The quantitative estimate of drug-likeness (QED) is 0.896. The molecule has 1 aromatic carbocycles. The van der Waals surface area contributed by atoms with Gasteiger partial charge in [0.25, 0.3) is 5.91 Å². The van der Waals surface area contributed by atoms with E-state index in [1.807, 2.05) is 19.1 Å². The topological polar surface area (TPSA) is 50.8 Å². The highest BCUT2D eigenvalue weighted by molar-refractivity contribution is 6.33. The van der Waals surface area contributed by atoms with Crippen LogP contribution in [0, 0.1) is 0 Å². The Morgan fingerprint density at radius 3 is 2.87 bits per heavy atom. The highest BCUT2D eigenvalue weighted by atomic mass is 35.5. The second kappa shape index (κ2) is 7.51. The number of carbonyl (C=O) groups is 1. The zero-order valence-corrected chi connectivity index (χ0v) is 14.1. The molecule has 0 aliphatic carbocycles. The first-order valence-corrected chi connectivity index (χ1v) is 8.61. The summed E-state index contributed by atoms with van der Waals surface area (Å²) in [5.41, 5.74) is 1.58. The van der Waals surface area contributed by atoms with Crippen molar-refractivity contribution in [3.8, 4) is 0 Å². The van der Waals surface area contributed by atoms with E-state index >= 15 is 0 Å². The molecule has 0 spiro atoms. The molecule has 0 bridgehead atoms. The molecule has 2 heterocycles. The highest BCUT2D eigenvalue weighted by Gasteiger charge is 2.30. The van der Waals surface area contributed by atoms with Crippen LogP contribution in [0.15, 0.2) is 18.2 Å². The average Bonchev–Trinajstić information content (AvgIpc) is 3.20. The molecule has 0 unspecified atom stereocenters.